The van der Waals surface area contributed by atoms with Gasteiger partial charge in [0.05, 0.1) is 23.5 Å². The maximum absolute atomic E-state index is 13.1. The molecular weight excluding hydrogens is 345 g/mol. The van der Waals surface area contributed by atoms with Gasteiger partial charge in [-0.2, -0.15) is 23.5 Å². The van der Waals surface area contributed by atoms with E-state index in [2.05, 4.69) is 10.1 Å². The Morgan fingerprint density at radius 1 is 1.33 bits per heavy atom. The molecule has 0 amide bonds. The van der Waals surface area contributed by atoms with Crippen LogP contribution in [-0.4, -0.2) is 28.0 Å². The van der Waals surface area contributed by atoms with Gasteiger partial charge in [0.25, 0.3) is 0 Å². The topological polar surface area (TPSA) is 63.7 Å². The molecule has 0 spiro atoms. The molecule has 0 unspecified atom stereocenters. The molecule has 24 heavy (non-hydrogen) atoms. The lowest BCUT2D eigenvalue weighted by Gasteiger charge is -2.22. The van der Waals surface area contributed by atoms with E-state index in [0.29, 0.717) is 18.8 Å². The minimum Gasteiger partial charge on any atom is -0.381 e. The van der Waals surface area contributed by atoms with Crippen molar-refractivity contribution >= 4 is 11.6 Å². The molecule has 9 heteroatoms. The maximum Gasteiger partial charge on any atom is 0.417 e. The predicted octanol–water partition coefficient (Wildman–Crippen LogP) is 3.84. The van der Waals surface area contributed by atoms with Crippen molar-refractivity contribution in [2.75, 3.05) is 13.2 Å². The molecule has 0 bridgehead atoms. The largest absolute Gasteiger partial charge is 0.417 e. The lowest BCUT2D eigenvalue weighted by molar-refractivity contribution is -0.137. The first kappa shape index (κ1) is 16.7. The minimum absolute atomic E-state index is 0.0321. The van der Waals surface area contributed by atoms with E-state index in [4.69, 9.17) is 21.6 Å². The van der Waals surface area contributed by atoms with Gasteiger partial charge in [-0.15, -0.1) is 0 Å². The molecule has 0 N–H and O–H groups in total. The Bertz CT molecular complexity index is 791. The second kappa shape index (κ2) is 6.42. The molecule has 0 atom stereocenters. The molecule has 1 aliphatic heterocycles. The number of pyridine rings is 1. The van der Waals surface area contributed by atoms with Gasteiger partial charge in [0.1, 0.15) is 16.8 Å². The van der Waals surface area contributed by atoms with Crippen LogP contribution in [0.2, 0.25) is 5.15 Å². The van der Waals surface area contributed by atoms with Crippen molar-refractivity contribution in [2.24, 2.45) is 0 Å². The normalized spacial score (nSPS) is 16.1. The molecule has 0 aromatic carbocycles. The summed E-state index contributed by atoms with van der Waals surface area (Å²) in [6.07, 6.45) is -0.0305. The Balaban J connectivity index is 2.00. The molecule has 3 rings (SSSR count). The van der Waals surface area contributed by atoms with Crippen LogP contribution in [-0.2, 0) is 10.9 Å². The molecule has 1 aliphatic rings. The summed E-state index contributed by atoms with van der Waals surface area (Å²) >= 11 is 5.77. The monoisotopic (exact) mass is 356 g/mol. The van der Waals surface area contributed by atoms with Crippen LogP contribution in [0.1, 0.15) is 30.0 Å². The van der Waals surface area contributed by atoms with E-state index >= 15 is 0 Å². The van der Waals surface area contributed by atoms with Gasteiger partial charge >= 0.3 is 6.18 Å². The third kappa shape index (κ3) is 3.23. The maximum atomic E-state index is 13.1. The molecular formula is C15H12ClF3N4O. The van der Waals surface area contributed by atoms with Crippen molar-refractivity contribution in [1.29, 1.82) is 5.26 Å². The summed E-state index contributed by atoms with van der Waals surface area (Å²) in [5, 5.41) is 12.6. The fraction of sp³-hybridized carbons (Fsp3) is 0.400. The van der Waals surface area contributed by atoms with Crippen molar-refractivity contribution in [3.05, 3.63) is 34.7 Å². The Kier molecular flexibility index (Phi) is 4.47. The highest BCUT2D eigenvalue weighted by Gasteiger charge is 2.36. The highest BCUT2D eigenvalue weighted by molar-refractivity contribution is 6.30. The van der Waals surface area contributed by atoms with Gasteiger partial charge in [-0.05, 0) is 18.9 Å². The molecule has 0 saturated carbocycles. The Morgan fingerprint density at radius 3 is 2.67 bits per heavy atom. The molecule has 0 aliphatic carbocycles. The molecule has 5 nitrogen and oxygen atoms in total. The first-order chi connectivity index (χ1) is 11.4. The molecule has 126 valence electrons. The zero-order chi connectivity index (χ0) is 17.3. The van der Waals surface area contributed by atoms with E-state index in [1.165, 1.54) is 12.3 Å². The number of ether oxygens (including phenoxy) is 1. The van der Waals surface area contributed by atoms with Gasteiger partial charge in [-0.3, -0.25) is 4.68 Å². The average molecular weight is 357 g/mol. The van der Waals surface area contributed by atoms with Crippen LogP contribution in [0.5, 0.6) is 0 Å². The lowest BCUT2D eigenvalue weighted by Crippen LogP contribution is -2.19. The quantitative estimate of drug-likeness (QED) is 0.767. The van der Waals surface area contributed by atoms with Gasteiger partial charge in [-0.25, -0.2) is 4.98 Å². The number of nitriles is 1. The van der Waals surface area contributed by atoms with E-state index in [-0.39, 0.29) is 11.7 Å². The van der Waals surface area contributed by atoms with Gasteiger partial charge in [0.2, 0.25) is 0 Å². The zero-order valence-corrected chi connectivity index (χ0v) is 13.1. The summed E-state index contributed by atoms with van der Waals surface area (Å²) in [5.74, 6) is 0. The summed E-state index contributed by atoms with van der Waals surface area (Å²) in [4.78, 5) is 3.91. The number of hydrogen-bond donors (Lipinski definition) is 0. The van der Waals surface area contributed by atoms with Crippen LogP contribution < -0.4 is 0 Å². The SMILES string of the molecule is N#Cc1c(C(F)(F)F)cc(-c2cnn(C3CCOCC3)c2)nc1Cl. The zero-order valence-electron chi connectivity index (χ0n) is 12.3. The number of nitrogens with zero attached hydrogens (tertiary/aromatic N) is 4. The van der Waals surface area contributed by atoms with Crippen LogP contribution in [0.15, 0.2) is 18.5 Å². The van der Waals surface area contributed by atoms with E-state index in [1.54, 1.807) is 10.9 Å². The van der Waals surface area contributed by atoms with Crippen LogP contribution in [0.4, 0.5) is 13.2 Å². The molecule has 3 heterocycles. The summed E-state index contributed by atoms with van der Waals surface area (Å²) in [6.45, 7) is 1.25. The third-order valence-corrected chi connectivity index (χ3v) is 4.13. The Morgan fingerprint density at radius 2 is 2.04 bits per heavy atom. The standard InChI is InChI=1S/C15H12ClF3N4O/c16-14-11(6-20)12(15(17,18)19)5-13(22-14)9-7-21-23(8-9)10-1-3-24-4-2-10/h5,7-8,10H,1-4H2. The highest BCUT2D eigenvalue weighted by Crippen LogP contribution is 2.36. The molecule has 2 aromatic rings. The van der Waals surface area contributed by atoms with Gasteiger partial charge in [0, 0.05) is 25.0 Å². The summed E-state index contributed by atoms with van der Waals surface area (Å²) in [7, 11) is 0. The second-order valence-electron chi connectivity index (χ2n) is 5.38. The van der Waals surface area contributed by atoms with Crippen LogP contribution in [0, 0.1) is 11.3 Å². The predicted molar refractivity (Wildman–Crippen MR) is 79.3 cm³/mol. The van der Waals surface area contributed by atoms with Crippen molar-refractivity contribution in [2.45, 2.75) is 25.1 Å². The number of rotatable bonds is 2. The van der Waals surface area contributed by atoms with Crippen LogP contribution in [0.3, 0.4) is 0 Å². The van der Waals surface area contributed by atoms with E-state index in [9.17, 15) is 13.2 Å². The van der Waals surface area contributed by atoms with Gasteiger partial charge < -0.3 is 4.74 Å². The summed E-state index contributed by atoms with van der Waals surface area (Å²) < 4.78 is 46.4. The fourth-order valence-electron chi connectivity index (χ4n) is 2.61. The van der Waals surface area contributed by atoms with Crippen molar-refractivity contribution in [3.8, 4) is 17.3 Å². The number of aromatic nitrogens is 3. The van der Waals surface area contributed by atoms with E-state index < -0.39 is 22.5 Å². The van der Waals surface area contributed by atoms with Gasteiger partial charge in [-0.1, -0.05) is 11.6 Å². The molecule has 1 fully saturated rings. The third-order valence-electron chi connectivity index (χ3n) is 3.85. The molecule has 1 saturated heterocycles. The fourth-order valence-corrected chi connectivity index (χ4v) is 2.85. The first-order valence-corrected chi connectivity index (χ1v) is 7.58. The molecule has 0 radical (unpaired) electrons. The van der Waals surface area contributed by atoms with Crippen molar-refractivity contribution in [1.82, 2.24) is 14.8 Å². The smallest absolute Gasteiger partial charge is 0.381 e. The highest BCUT2D eigenvalue weighted by atomic mass is 35.5. The van der Waals surface area contributed by atoms with Gasteiger partial charge in [0.15, 0.2) is 0 Å². The minimum atomic E-state index is -4.69. The van der Waals surface area contributed by atoms with E-state index in [1.807, 2.05) is 0 Å². The number of hydrogen-bond acceptors (Lipinski definition) is 4. The summed E-state index contributed by atoms with van der Waals surface area (Å²) in [6, 6.07) is 2.43. The second-order valence-corrected chi connectivity index (χ2v) is 5.74. The summed E-state index contributed by atoms with van der Waals surface area (Å²) in [5.41, 5.74) is -1.33. The Hall–Kier alpha value is -2.11. The van der Waals surface area contributed by atoms with E-state index in [0.717, 1.165) is 18.9 Å². The van der Waals surface area contributed by atoms with Crippen LogP contribution >= 0.6 is 11.6 Å². The first-order valence-electron chi connectivity index (χ1n) is 7.20. The Labute approximate surface area is 140 Å². The average Bonchev–Trinajstić information content (AvgIpc) is 3.04. The molecule has 2 aromatic heterocycles. The van der Waals surface area contributed by atoms with Crippen molar-refractivity contribution < 1.29 is 17.9 Å². The number of halogens is 4. The van der Waals surface area contributed by atoms with Crippen LogP contribution in [0.25, 0.3) is 11.3 Å². The lowest BCUT2D eigenvalue weighted by atomic mass is 10.1. The number of alkyl halides is 3. The van der Waals surface area contributed by atoms with Crippen molar-refractivity contribution in [3.63, 3.8) is 0 Å².